The quantitative estimate of drug-likeness (QED) is 0.809. The van der Waals surface area contributed by atoms with Crippen LogP contribution >= 0.6 is 0 Å². The van der Waals surface area contributed by atoms with Crippen molar-refractivity contribution < 1.29 is 4.79 Å². The Morgan fingerprint density at radius 1 is 1.23 bits per heavy atom. The van der Waals surface area contributed by atoms with Crippen molar-refractivity contribution in [2.75, 3.05) is 19.6 Å². The second-order valence-electron chi connectivity index (χ2n) is 9.45. The molecule has 0 spiro atoms. The first-order valence-corrected chi connectivity index (χ1v) is 11.6. The second kappa shape index (κ2) is 8.16. The number of amides is 1. The Morgan fingerprint density at radius 3 is 2.90 bits per heavy atom. The number of aryl methyl sites for hydroxylation is 1. The smallest absolute Gasteiger partial charge is 0.252 e. The largest absolute Gasteiger partial charge is 0.346 e. The molecule has 1 amide bonds. The minimum atomic E-state index is -0.00898. The van der Waals surface area contributed by atoms with E-state index in [1.807, 2.05) is 18.2 Å². The van der Waals surface area contributed by atoms with Gasteiger partial charge in [0.25, 0.3) is 5.91 Å². The maximum Gasteiger partial charge on any atom is 0.252 e. The zero-order chi connectivity index (χ0) is 20.7. The standard InChI is InChI=1S/C26H33N3O/c1-17-13-20-10-12-29-16-21-9-6-11-27-23(21)15-24(29)25(20)22(14-17)26(30)28-18(2)19-7-4-3-5-8-19/h3-5,7-8,13-14,18,21,23-24,27H,6,9-12,15-16H2,1-2H3,(H,28,30)/t18-,21-,23+,24-/m1/s1. The van der Waals surface area contributed by atoms with Crippen molar-refractivity contribution in [2.45, 2.75) is 57.7 Å². The van der Waals surface area contributed by atoms with Gasteiger partial charge >= 0.3 is 0 Å². The number of benzene rings is 2. The molecule has 2 aromatic rings. The lowest BCUT2D eigenvalue weighted by Crippen LogP contribution is -2.55. The summed E-state index contributed by atoms with van der Waals surface area (Å²) >= 11 is 0. The van der Waals surface area contributed by atoms with Crippen molar-refractivity contribution in [3.05, 3.63) is 70.3 Å². The van der Waals surface area contributed by atoms with Gasteiger partial charge in [0.2, 0.25) is 0 Å². The Bertz CT molecular complexity index is 925. The second-order valence-corrected chi connectivity index (χ2v) is 9.45. The lowest BCUT2D eigenvalue weighted by Gasteiger charge is -2.49. The average Bonchev–Trinajstić information content (AvgIpc) is 2.77. The van der Waals surface area contributed by atoms with Crippen molar-refractivity contribution in [1.82, 2.24) is 15.5 Å². The number of nitrogens with zero attached hydrogens (tertiary/aromatic N) is 1. The van der Waals surface area contributed by atoms with E-state index in [1.54, 1.807) is 0 Å². The molecule has 0 bridgehead atoms. The predicted octanol–water partition coefficient (Wildman–Crippen LogP) is 4.16. The third-order valence-electron chi connectivity index (χ3n) is 7.42. The van der Waals surface area contributed by atoms with Gasteiger partial charge in [-0.25, -0.2) is 0 Å². The summed E-state index contributed by atoms with van der Waals surface area (Å²) in [6.45, 7) is 7.60. The lowest BCUT2D eigenvalue weighted by atomic mass is 9.76. The van der Waals surface area contributed by atoms with Gasteiger partial charge < -0.3 is 10.6 Å². The Hall–Kier alpha value is -2.17. The van der Waals surface area contributed by atoms with Gasteiger partial charge in [-0.2, -0.15) is 0 Å². The number of fused-ring (bicyclic) bond motifs is 4. The fraction of sp³-hybridized carbons (Fsp3) is 0.500. The fourth-order valence-corrected chi connectivity index (χ4v) is 5.90. The van der Waals surface area contributed by atoms with Gasteiger partial charge in [0.05, 0.1) is 6.04 Å². The van der Waals surface area contributed by atoms with Crippen LogP contribution < -0.4 is 10.6 Å². The Balaban J connectivity index is 1.45. The summed E-state index contributed by atoms with van der Waals surface area (Å²) in [5.74, 6) is 0.823. The molecule has 3 aliphatic rings. The van der Waals surface area contributed by atoms with E-state index >= 15 is 0 Å². The summed E-state index contributed by atoms with van der Waals surface area (Å²) in [5.41, 5.74) is 5.88. The first-order chi connectivity index (χ1) is 14.6. The minimum Gasteiger partial charge on any atom is -0.346 e. The van der Waals surface area contributed by atoms with E-state index in [0.717, 1.165) is 49.5 Å². The van der Waals surface area contributed by atoms with Crippen LogP contribution in [0.25, 0.3) is 0 Å². The molecule has 5 rings (SSSR count). The molecule has 30 heavy (non-hydrogen) atoms. The molecule has 4 nitrogen and oxygen atoms in total. The molecular formula is C26H33N3O. The normalized spacial score (nSPS) is 26.8. The van der Waals surface area contributed by atoms with E-state index in [-0.39, 0.29) is 11.9 Å². The maximum atomic E-state index is 13.5. The van der Waals surface area contributed by atoms with Crippen LogP contribution in [0.3, 0.4) is 0 Å². The summed E-state index contributed by atoms with van der Waals surface area (Å²) in [6.07, 6.45) is 4.80. The first-order valence-electron chi connectivity index (χ1n) is 11.6. The molecule has 2 saturated heterocycles. The molecule has 2 aromatic carbocycles. The third kappa shape index (κ3) is 3.67. The summed E-state index contributed by atoms with van der Waals surface area (Å²) in [4.78, 5) is 16.1. The van der Waals surface area contributed by atoms with Crippen LogP contribution in [-0.4, -0.2) is 36.5 Å². The highest BCUT2D eigenvalue weighted by atomic mass is 16.1. The molecule has 4 atom stereocenters. The van der Waals surface area contributed by atoms with E-state index in [9.17, 15) is 4.79 Å². The topological polar surface area (TPSA) is 44.4 Å². The number of carbonyl (C=O) groups excluding carboxylic acids is 1. The number of piperidine rings is 2. The van der Waals surface area contributed by atoms with Crippen LogP contribution in [-0.2, 0) is 6.42 Å². The van der Waals surface area contributed by atoms with Crippen LogP contribution in [0.4, 0.5) is 0 Å². The van der Waals surface area contributed by atoms with Crippen LogP contribution in [0.5, 0.6) is 0 Å². The average molecular weight is 404 g/mol. The molecule has 3 aliphatic heterocycles. The Kier molecular flexibility index (Phi) is 5.38. The summed E-state index contributed by atoms with van der Waals surface area (Å²) in [7, 11) is 0. The highest BCUT2D eigenvalue weighted by molar-refractivity contribution is 5.96. The molecule has 0 aromatic heterocycles. The van der Waals surface area contributed by atoms with Crippen molar-refractivity contribution in [3.8, 4) is 0 Å². The number of hydrogen-bond donors (Lipinski definition) is 2. The number of hydrogen-bond acceptors (Lipinski definition) is 3. The number of carbonyl (C=O) groups is 1. The van der Waals surface area contributed by atoms with E-state index in [1.165, 1.54) is 29.5 Å². The number of nitrogens with one attached hydrogen (secondary N) is 2. The van der Waals surface area contributed by atoms with E-state index < -0.39 is 0 Å². The molecular weight excluding hydrogens is 370 g/mol. The van der Waals surface area contributed by atoms with Crippen LogP contribution in [0.1, 0.15) is 70.9 Å². The summed E-state index contributed by atoms with van der Waals surface area (Å²) < 4.78 is 0. The van der Waals surface area contributed by atoms with E-state index in [0.29, 0.717) is 12.1 Å². The van der Waals surface area contributed by atoms with Crippen molar-refractivity contribution in [1.29, 1.82) is 0 Å². The summed E-state index contributed by atoms with van der Waals surface area (Å²) in [5, 5.41) is 7.04. The predicted molar refractivity (Wildman–Crippen MR) is 121 cm³/mol. The molecule has 0 unspecified atom stereocenters. The third-order valence-corrected chi connectivity index (χ3v) is 7.42. The minimum absolute atomic E-state index is 0.00898. The van der Waals surface area contributed by atoms with Gasteiger partial charge in [-0.05, 0) is 74.8 Å². The van der Waals surface area contributed by atoms with Crippen LogP contribution in [0.2, 0.25) is 0 Å². The monoisotopic (exact) mass is 403 g/mol. The van der Waals surface area contributed by atoms with E-state index in [2.05, 4.69) is 53.6 Å². The molecule has 4 heteroatoms. The molecule has 0 radical (unpaired) electrons. The highest BCUT2D eigenvalue weighted by Crippen LogP contribution is 2.42. The highest BCUT2D eigenvalue weighted by Gasteiger charge is 2.41. The van der Waals surface area contributed by atoms with Gasteiger partial charge in [-0.3, -0.25) is 9.69 Å². The molecule has 0 saturated carbocycles. The summed E-state index contributed by atoms with van der Waals surface area (Å²) in [6, 6.07) is 15.6. The van der Waals surface area contributed by atoms with Gasteiger partial charge in [0.15, 0.2) is 0 Å². The van der Waals surface area contributed by atoms with Crippen molar-refractivity contribution >= 4 is 5.91 Å². The number of rotatable bonds is 3. The van der Waals surface area contributed by atoms with Gasteiger partial charge in [0, 0.05) is 30.7 Å². The van der Waals surface area contributed by atoms with Gasteiger partial charge in [-0.1, -0.05) is 42.0 Å². The van der Waals surface area contributed by atoms with Crippen LogP contribution in [0, 0.1) is 12.8 Å². The molecule has 0 aliphatic carbocycles. The van der Waals surface area contributed by atoms with Crippen molar-refractivity contribution in [2.24, 2.45) is 5.92 Å². The zero-order valence-electron chi connectivity index (χ0n) is 18.2. The van der Waals surface area contributed by atoms with Crippen LogP contribution in [0.15, 0.2) is 42.5 Å². The SMILES string of the molecule is Cc1cc2c(c(C(=O)N[C@H](C)c3ccccc3)c1)[C@H]1C[C@@H]3NCCC[C@@H]3CN1CC2. The van der Waals surface area contributed by atoms with Crippen molar-refractivity contribution in [3.63, 3.8) is 0 Å². The molecule has 3 heterocycles. The maximum absolute atomic E-state index is 13.5. The van der Waals surface area contributed by atoms with E-state index in [4.69, 9.17) is 0 Å². The fourth-order valence-electron chi connectivity index (χ4n) is 5.90. The lowest BCUT2D eigenvalue weighted by molar-refractivity contribution is 0.0542. The molecule has 2 fully saturated rings. The Morgan fingerprint density at radius 2 is 2.07 bits per heavy atom. The zero-order valence-corrected chi connectivity index (χ0v) is 18.2. The Labute approximate surface area is 180 Å². The molecule has 2 N–H and O–H groups in total. The van der Waals surface area contributed by atoms with Gasteiger partial charge in [-0.15, -0.1) is 0 Å². The first kappa shape index (κ1) is 19.8. The van der Waals surface area contributed by atoms with Gasteiger partial charge in [0.1, 0.15) is 0 Å². The molecule has 158 valence electrons.